The van der Waals surface area contributed by atoms with E-state index in [2.05, 4.69) is 35.6 Å². The smallest absolute Gasteiger partial charge is 0.225 e. The first-order valence-electron chi connectivity index (χ1n) is 10.9. The Balaban J connectivity index is 1.38. The molecule has 0 aliphatic carbocycles. The summed E-state index contributed by atoms with van der Waals surface area (Å²) < 4.78 is 11.3. The van der Waals surface area contributed by atoms with E-state index in [-0.39, 0.29) is 11.9 Å². The highest BCUT2D eigenvalue weighted by Crippen LogP contribution is 2.30. The van der Waals surface area contributed by atoms with Gasteiger partial charge in [0, 0.05) is 10.9 Å². The molecule has 1 aliphatic heterocycles. The Labute approximate surface area is 181 Å². The van der Waals surface area contributed by atoms with Crippen molar-refractivity contribution < 1.29 is 18.8 Å². The average Bonchev–Trinajstić information content (AvgIpc) is 3.23. The molecular weight excluding hydrogens is 388 g/mol. The monoisotopic (exact) mass is 415 g/mol. The molecule has 1 aromatic heterocycles. The molecule has 5 nitrogen and oxygen atoms in total. The number of nitrogens with one attached hydrogen (secondary N) is 2. The molecule has 158 valence electrons. The highest BCUT2D eigenvalue weighted by molar-refractivity contribution is 6.08. The Morgan fingerprint density at radius 2 is 1.74 bits per heavy atom. The van der Waals surface area contributed by atoms with Crippen LogP contribution in [0.2, 0.25) is 0 Å². The predicted molar refractivity (Wildman–Crippen MR) is 121 cm³/mol. The SMILES string of the molecule is O=C(Cc1coc2ccc3ccccc3c12)N[C@@H](C[NH+]1CCOCC1)c1ccccc1. The van der Waals surface area contributed by atoms with Crippen LogP contribution in [0.15, 0.2) is 77.4 Å². The summed E-state index contributed by atoms with van der Waals surface area (Å²) in [7, 11) is 0. The Hall–Kier alpha value is -3.15. The van der Waals surface area contributed by atoms with Gasteiger partial charge in [0.15, 0.2) is 0 Å². The number of carbonyl (C=O) groups is 1. The Bertz CT molecular complexity index is 1180. The fourth-order valence-corrected chi connectivity index (χ4v) is 4.51. The second-order valence-electron chi connectivity index (χ2n) is 8.19. The molecular formula is C26H27N2O3+. The Morgan fingerprint density at radius 3 is 2.58 bits per heavy atom. The lowest BCUT2D eigenvalue weighted by Gasteiger charge is -2.28. The summed E-state index contributed by atoms with van der Waals surface area (Å²) in [5.41, 5.74) is 2.88. The Morgan fingerprint density at radius 1 is 0.968 bits per heavy atom. The molecule has 1 atom stereocenters. The van der Waals surface area contributed by atoms with Gasteiger partial charge in [-0.2, -0.15) is 0 Å². The zero-order valence-electron chi connectivity index (χ0n) is 17.5. The quantitative estimate of drug-likeness (QED) is 0.509. The minimum absolute atomic E-state index is 0.0112. The van der Waals surface area contributed by atoms with E-state index in [9.17, 15) is 4.79 Å². The first kappa shape index (κ1) is 19.8. The standard InChI is InChI=1S/C26H26N2O3/c29-25(16-21-18-31-24-11-10-19-6-4-5-9-22(19)26(21)24)27-23(20-7-2-1-3-8-20)17-28-12-14-30-15-13-28/h1-11,18,23H,12-17H2,(H,27,29)/p+1/t23-/m0/s1. The zero-order valence-corrected chi connectivity index (χ0v) is 17.5. The number of hydrogen-bond donors (Lipinski definition) is 2. The third-order valence-electron chi connectivity index (χ3n) is 6.12. The van der Waals surface area contributed by atoms with Crippen molar-refractivity contribution in [1.29, 1.82) is 0 Å². The summed E-state index contributed by atoms with van der Waals surface area (Å²) in [4.78, 5) is 14.6. The highest BCUT2D eigenvalue weighted by Gasteiger charge is 2.23. The van der Waals surface area contributed by atoms with Gasteiger partial charge in [-0.25, -0.2) is 0 Å². The van der Waals surface area contributed by atoms with Crippen LogP contribution in [0.3, 0.4) is 0 Å². The maximum atomic E-state index is 13.1. The third kappa shape index (κ3) is 4.33. The van der Waals surface area contributed by atoms with Gasteiger partial charge in [-0.15, -0.1) is 0 Å². The van der Waals surface area contributed by atoms with E-state index in [1.54, 1.807) is 6.26 Å². The van der Waals surface area contributed by atoms with Crippen molar-refractivity contribution in [3.63, 3.8) is 0 Å². The molecule has 31 heavy (non-hydrogen) atoms. The number of carbonyl (C=O) groups excluding carboxylic acids is 1. The van der Waals surface area contributed by atoms with E-state index >= 15 is 0 Å². The maximum absolute atomic E-state index is 13.1. The van der Waals surface area contributed by atoms with Crippen molar-refractivity contribution >= 4 is 27.6 Å². The van der Waals surface area contributed by atoms with Crippen LogP contribution in [-0.2, 0) is 16.0 Å². The number of benzene rings is 3. The Kier molecular flexibility index (Phi) is 5.69. The van der Waals surface area contributed by atoms with Crippen molar-refractivity contribution in [3.05, 3.63) is 84.1 Å². The number of furan rings is 1. The summed E-state index contributed by atoms with van der Waals surface area (Å²) in [6.45, 7) is 4.35. The summed E-state index contributed by atoms with van der Waals surface area (Å²) in [6, 6.07) is 22.5. The van der Waals surface area contributed by atoms with E-state index in [1.165, 1.54) is 4.90 Å². The first-order chi connectivity index (χ1) is 15.3. The van der Waals surface area contributed by atoms with Crippen LogP contribution in [-0.4, -0.2) is 38.8 Å². The van der Waals surface area contributed by atoms with Gasteiger partial charge in [0.05, 0.1) is 25.9 Å². The topological polar surface area (TPSA) is 55.9 Å². The van der Waals surface area contributed by atoms with Crippen molar-refractivity contribution in [2.75, 3.05) is 32.8 Å². The fourth-order valence-electron chi connectivity index (χ4n) is 4.51. The van der Waals surface area contributed by atoms with Gasteiger partial charge >= 0.3 is 0 Å². The maximum Gasteiger partial charge on any atom is 0.225 e. The number of quaternary nitrogens is 1. The normalized spacial score (nSPS) is 15.9. The van der Waals surface area contributed by atoms with Crippen LogP contribution >= 0.6 is 0 Å². The lowest BCUT2D eigenvalue weighted by molar-refractivity contribution is -0.909. The van der Waals surface area contributed by atoms with Gasteiger partial charge in [-0.1, -0.05) is 60.7 Å². The van der Waals surface area contributed by atoms with Crippen molar-refractivity contribution in [1.82, 2.24) is 5.32 Å². The van der Waals surface area contributed by atoms with Crippen LogP contribution in [0.5, 0.6) is 0 Å². The molecule has 4 aromatic rings. The number of fused-ring (bicyclic) bond motifs is 3. The molecule has 2 N–H and O–H groups in total. The summed E-state index contributed by atoms with van der Waals surface area (Å²) in [5, 5.41) is 6.59. The van der Waals surface area contributed by atoms with E-state index in [4.69, 9.17) is 9.15 Å². The second-order valence-corrected chi connectivity index (χ2v) is 8.19. The van der Waals surface area contributed by atoms with Gasteiger partial charge in [-0.05, 0) is 22.4 Å². The van der Waals surface area contributed by atoms with Gasteiger partial charge in [0.1, 0.15) is 31.3 Å². The van der Waals surface area contributed by atoms with E-state index < -0.39 is 0 Å². The number of amides is 1. The molecule has 0 saturated carbocycles. The van der Waals surface area contributed by atoms with Gasteiger partial charge in [-0.3, -0.25) is 4.79 Å². The lowest BCUT2D eigenvalue weighted by Crippen LogP contribution is -3.14. The summed E-state index contributed by atoms with van der Waals surface area (Å²) in [6.07, 6.45) is 2.02. The number of rotatable bonds is 6. The molecule has 2 heterocycles. The second kappa shape index (κ2) is 8.92. The molecule has 1 fully saturated rings. The molecule has 3 aromatic carbocycles. The van der Waals surface area contributed by atoms with Crippen molar-refractivity contribution in [2.45, 2.75) is 12.5 Å². The summed E-state index contributed by atoms with van der Waals surface area (Å²) in [5.74, 6) is 0.0112. The minimum atomic E-state index is -0.0308. The third-order valence-corrected chi connectivity index (χ3v) is 6.12. The molecule has 0 spiro atoms. The molecule has 0 unspecified atom stereocenters. The molecule has 1 aliphatic rings. The molecule has 0 radical (unpaired) electrons. The average molecular weight is 416 g/mol. The number of hydrogen-bond acceptors (Lipinski definition) is 3. The van der Waals surface area contributed by atoms with Crippen LogP contribution < -0.4 is 10.2 Å². The van der Waals surface area contributed by atoms with Crippen molar-refractivity contribution in [2.24, 2.45) is 0 Å². The minimum Gasteiger partial charge on any atom is -0.464 e. The largest absolute Gasteiger partial charge is 0.464 e. The van der Waals surface area contributed by atoms with Crippen LogP contribution in [0.25, 0.3) is 21.7 Å². The fraction of sp³-hybridized carbons (Fsp3) is 0.269. The zero-order chi connectivity index (χ0) is 21.0. The van der Waals surface area contributed by atoms with Crippen LogP contribution in [0, 0.1) is 0 Å². The highest BCUT2D eigenvalue weighted by atomic mass is 16.5. The van der Waals surface area contributed by atoms with Gasteiger partial charge in [0.2, 0.25) is 5.91 Å². The molecule has 1 amide bonds. The van der Waals surface area contributed by atoms with Crippen molar-refractivity contribution in [3.8, 4) is 0 Å². The first-order valence-corrected chi connectivity index (χ1v) is 10.9. The molecule has 1 saturated heterocycles. The number of ether oxygens (including phenoxy) is 1. The van der Waals surface area contributed by atoms with E-state index in [1.807, 2.05) is 36.4 Å². The van der Waals surface area contributed by atoms with Gasteiger partial charge in [0.25, 0.3) is 0 Å². The van der Waals surface area contributed by atoms with Gasteiger partial charge < -0.3 is 19.4 Å². The molecule has 0 bridgehead atoms. The predicted octanol–water partition coefficient (Wildman–Crippen LogP) is 2.90. The molecule has 5 heteroatoms. The van der Waals surface area contributed by atoms with Crippen LogP contribution in [0.1, 0.15) is 17.2 Å². The summed E-state index contributed by atoms with van der Waals surface area (Å²) >= 11 is 0. The van der Waals surface area contributed by atoms with E-state index in [0.29, 0.717) is 6.42 Å². The van der Waals surface area contributed by atoms with E-state index in [0.717, 1.165) is 65.7 Å². The van der Waals surface area contributed by atoms with Crippen LogP contribution in [0.4, 0.5) is 0 Å². The lowest BCUT2D eigenvalue weighted by atomic mass is 10.0. The molecule has 5 rings (SSSR count). The number of morpholine rings is 1.